The van der Waals surface area contributed by atoms with Gasteiger partial charge in [0.15, 0.2) is 0 Å². The zero-order chi connectivity index (χ0) is 16.9. The van der Waals surface area contributed by atoms with Crippen LogP contribution in [0.2, 0.25) is 0 Å². The number of fused-ring (bicyclic) bond motifs is 1. The molecule has 1 saturated carbocycles. The first-order chi connectivity index (χ1) is 11.7. The average molecular weight is 330 g/mol. The van der Waals surface area contributed by atoms with Crippen molar-refractivity contribution in [3.63, 3.8) is 0 Å². The Morgan fingerprint density at radius 3 is 2.83 bits per heavy atom. The summed E-state index contributed by atoms with van der Waals surface area (Å²) in [6.45, 7) is 4.36. The smallest absolute Gasteiger partial charge is 0.335 e. The van der Waals surface area contributed by atoms with Crippen molar-refractivity contribution in [3.8, 4) is 0 Å². The van der Waals surface area contributed by atoms with Gasteiger partial charge < -0.3 is 14.4 Å². The molecule has 3 rings (SSSR count). The molecule has 0 amide bonds. The summed E-state index contributed by atoms with van der Waals surface area (Å²) in [5, 5.41) is 9.22. The van der Waals surface area contributed by atoms with Crippen LogP contribution in [0.25, 0.3) is 11.0 Å². The molecule has 1 heterocycles. The minimum atomic E-state index is -0.901. The lowest BCUT2D eigenvalue weighted by molar-refractivity contribution is 0.0697. The van der Waals surface area contributed by atoms with Crippen LogP contribution in [0.5, 0.6) is 0 Å². The lowest BCUT2D eigenvalue weighted by Crippen LogP contribution is -2.13. The highest BCUT2D eigenvalue weighted by Gasteiger charge is 2.22. The molecule has 24 heavy (non-hydrogen) atoms. The molecular weight excluding hydrogens is 304 g/mol. The fourth-order valence-electron chi connectivity index (χ4n) is 3.66. The fourth-order valence-corrected chi connectivity index (χ4v) is 3.66. The number of imidazole rings is 1. The number of nitrogens with zero attached hydrogens (tertiary/aromatic N) is 2. The fraction of sp³-hybridized carbons (Fsp3) is 0.579. The summed E-state index contributed by atoms with van der Waals surface area (Å²) in [5.41, 5.74) is 2.14. The largest absolute Gasteiger partial charge is 0.478 e. The summed E-state index contributed by atoms with van der Waals surface area (Å²) in [6.07, 6.45) is 7.13. The lowest BCUT2D eigenvalue weighted by Gasteiger charge is -2.22. The van der Waals surface area contributed by atoms with E-state index in [0.717, 1.165) is 43.0 Å². The third kappa shape index (κ3) is 3.61. The Morgan fingerprint density at radius 1 is 1.33 bits per heavy atom. The van der Waals surface area contributed by atoms with Crippen molar-refractivity contribution >= 4 is 17.0 Å². The van der Waals surface area contributed by atoms with Gasteiger partial charge in [-0.1, -0.05) is 19.3 Å². The van der Waals surface area contributed by atoms with Crippen molar-refractivity contribution in [1.29, 1.82) is 0 Å². The van der Waals surface area contributed by atoms with Crippen LogP contribution in [0.3, 0.4) is 0 Å². The van der Waals surface area contributed by atoms with Crippen LogP contribution in [0.4, 0.5) is 0 Å². The number of carboxylic acid groups (broad SMARTS) is 1. The summed E-state index contributed by atoms with van der Waals surface area (Å²) in [5.74, 6) is 0.720. The molecule has 0 atom stereocenters. The van der Waals surface area contributed by atoms with Gasteiger partial charge in [0.1, 0.15) is 5.82 Å². The normalized spacial score (nSPS) is 15.9. The average Bonchev–Trinajstić information content (AvgIpc) is 2.97. The summed E-state index contributed by atoms with van der Waals surface area (Å²) >= 11 is 0. The van der Waals surface area contributed by atoms with Crippen molar-refractivity contribution in [2.75, 3.05) is 13.2 Å². The molecular formula is C19H26N2O3. The first-order valence-corrected chi connectivity index (χ1v) is 9.02. The molecule has 0 unspecified atom stereocenters. The molecule has 1 aromatic heterocycles. The number of carboxylic acids is 1. The van der Waals surface area contributed by atoms with E-state index >= 15 is 0 Å². The lowest BCUT2D eigenvalue weighted by atomic mass is 9.88. The van der Waals surface area contributed by atoms with Gasteiger partial charge in [0.2, 0.25) is 0 Å². The van der Waals surface area contributed by atoms with Crippen LogP contribution in [0, 0.1) is 0 Å². The second kappa shape index (κ2) is 7.79. The van der Waals surface area contributed by atoms with Crippen LogP contribution in [-0.4, -0.2) is 33.8 Å². The molecule has 1 aromatic carbocycles. The maximum absolute atomic E-state index is 11.2. The summed E-state index contributed by atoms with van der Waals surface area (Å²) < 4.78 is 7.76. The molecule has 5 heteroatoms. The van der Waals surface area contributed by atoms with Crippen molar-refractivity contribution < 1.29 is 14.6 Å². The Kier molecular flexibility index (Phi) is 5.51. The first-order valence-electron chi connectivity index (χ1n) is 9.02. The van der Waals surface area contributed by atoms with Gasteiger partial charge in [0.05, 0.1) is 16.6 Å². The Morgan fingerprint density at radius 2 is 2.12 bits per heavy atom. The molecule has 0 spiro atoms. The topological polar surface area (TPSA) is 64.4 Å². The molecule has 1 N–H and O–H groups in total. The van der Waals surface area contributed by atoms with Crippen LogP contribution in [0.15, 0.2) is 18.2 Å². The van der Waals surface area contributed by atoms with Gasteiger partial charge >= 0.3 is 5.97 Å². The van der Waals surface area contributed by atoms with E-state index in [2.05, 4.69) is 4.57 Å². The van der Waals surface area contributed by atoms with Gasteiger partial charge in [-0.25, -0.2) is 9.78 Å². The van der Waals surface area contributed by atoms with Crippen LogP contribution in [0.1, 0.15) is 67.5 Å². The number of rotatable bonds is 7. The standard InChI is InChI=1S/C19H26N2O3/c1-2-24-12-6-11-21-17-10-9-15(19(22)23)13-16(17)20-18(21)14-7-4-3-5-8-14/h9-10,13-14H,2-8,11-12H2,1H3,(H,22,23). The zero-order valence-electron chi connectivity index (χ0n) is 14.3. The zero-order valence-corrected chi connectivity index (χ0v) is 14.3. The van der Waals surface area contributed by atoms with Crippen LogP contribution >= 0.6 is 0 Å². The molecule has 2 aromatic rings. The van der Waals surface area contributed by atoms with Gasteiger partial charge in [0.25, 0.3) is 0 Å². The Labute approximate surface area is 142 Å². The minimum absolute atomic E-state index is 0.302. The van der Waals surface area contributed by atoms with Crippen molar-refractivity contribution in [3.05, 3.63) is 29.6 Å². The maximum atomic E-state index is 11.2. The molecule has 130 valence electrons. The van der Waals surface area contributed by atoms with E-state index in [9.17, 15) is 9.90 Å². The van der Waals surface area contributed by atoms with E-state index in [-0.39, 0.29) is 0 Å². The molecule has 1 aliphatic carbocycles. The number of hydrogen-bond donors (Lipinski definition) is 1. The molecule has 0 bridgehead atoms. The van der Waals surface area contributed by atoms with Crippen molar-refractivity contribution in [2.24, 2.45) is 0 Å². The van der Waals surface area contributed by atoms with E-state index in [0.29, 0.717) is 11.5 Å². The van der Waals surface area contributed by atoms with Crippen LogP contribution < -0.4 is 0 Å². The predicted octanol–water partition coefficient (Wildman–Crippen LogP) is 4.21. The highest BCUT2D eigenvalue weighted by molar-refractivity contribution is 5.92. The Hall–Kier alpha value is -1.88. The summed E-state index contributed by atoms with van der Waals surface area (Å²) in [7, 11) is 0. The molecule has 1 fully saturated rings. The third-order valence-electron chi connectivity index (χ3n) is 4.87. The predicted molar refractivity (Wildman–Crippen MR) is 93.6 cm³/mol. The second-order valence-electron chi connectivity index (χ2n) is 6.52. The van der Waals surface area contributed by atoms with Crippen molar-refractivity contribution in [1.82, 2.24) is 9.55 Å². The van der Waals surface area contributed by atoms with E-state index in [1.54, 1.807) is 12.1 Å². The second-order valence-corrected chi connectivity index (χ2v) is 6.52. The third-order valence-corrected chi connectivity index (χ3v) is 4.87. The van der Waals surface area contributed by atoms with Gasteiger partial charge in [-0.15, -0.1) is 0 Å². The Bertz CT molecular complexity index is 702. The van der Waals surface area contributed by atoms with E-state index in [1.807, 2.05) is 13.0 Å². The molecule has 1 aliphatic rings. The van der Waals surface area contributed by atoms with E-state index in [1.165, 1.54) is 32.1 Å². The number of benzene rings is 1. The summed E-state index contributed by atoms with van der Waals surface area (Å²) in [4.78, 5) is 16.1. The minimum Gasteiger partial charge on any atom is -0.478 e. The summed E-state index contributed by atoms with van der Waals surface area (Å²) in [6, 6.07) is 5.28. The number of aromatic carboxylic acids is 1. The van der Waals surface area contributed by atoms with Gasteiger partial charge in [-0.3, -0.25) is 0 Å². The van der Waals surface area contributed by atoms with E-state index < -0.39 is 5.97 Å². The molecule has 0 saturated heterocycles. The maximum Gasteiger partial charge on any atom is 0.335 e. The van der Waals surface area contributed by atoms with Crippen LogP contribution in [-0.2, 0) is 11.3 Å². The highest BCUT2D eigenvalue weighted by atomic mass is 16.5. The molecule has 0 aliphatic heterocycles. The Balaban J connectivity index is 1.94. The number of hydrogen-bond acceptors (Lipinski definition) is 3. The molecule has 5 nitrogen and oxygen atoms in total. The highest BCUT2D eigenvalue weighted by Crippen LogP contribution is 2.34. The molecule has 0 radical (unpaired) electrons. The number of aromatic nitrogens is 2. The van der Waals surface area contributed by atoms with Gasteiger partial charge in [-0.2, -0.15) is 0 Å². The number of ether oxygens (including phenoxy) is 1. The first kappa shape index (κ1) is 17.0. The van der Waals surface area contributed by atoms with Gasteiger partial charge in [0, 0.05) is 25.7 Å². The SMILES string of the molecule is CCOCCCn1c(C2CCCCC2)nc2cc(C(=O)O)ccc21. The quantitative estimate of drug-likeness (QED) is 0.772. The van der Waals surface area contributed by atoms with E-state index in [4.69, 9.17) is 9.72 Å². The monoisotopic (exact) mass is 330 g/mol. The van der Waals surface area contributed by atoms with Crippen molar-refractivity contribution in [2.45, 2.75) is 57.9 Å². The number of aryl methyl sites for hydroxylation is 1. The van der Waals surface area contributed by atoms with Gasteiger partial charge in [-0.05, 0) is 44.4 Å². The number of carbonyl (C=O) groups is 1.